The van der Waals surface area contributed by atoms with Crippen molar-refractivity contribution in [2.45, 2.75) is 6.54 Å². The number of hydroxylamine groups is 2. The van der Waals surface area contributed by atoms with E-state index >= 15 is 0 Å². The predicted molar refractivity (Wildman–Crippen MR) is 77.8 cm³/mol. The fourth-order valence-electron chi connectivity index (χ4n) is 2.12. The van der Waals surface area contributed by atoms with Gasteiger partial charge < -0.3 is 9.30 Å². The average Bonchev–Trinajstić information content (AvgIpc) is 2.83. The van der Waals surface area contributed by atoms with Crippen LogP contribution in [0.15, 0.2) is 36.9 Å². The Labute approximate surface area is 117 Å². The molecule has 106 valence electrons. The van der Waals surface area contributed by atoms with Crippen molar-refractivity contribution >= 4 is 16.8 Å². The van der Waals surface area contributed by atoms with Gasteiger partial charge in [-0.15, -0.1) is 6.58 Å². The summed E-state index contributed by atoms with van der Waals surface area (Å²) in [5.41, 5.74) is 1.51. The molecule has 0 spiro atoms. The number of hydrogen-bond acceptors (Lipinski definition) is 3. The van der Waals surface area contributed by atoms with Crippen LogP contribution in [0, 0.1) is 0 Å². The van der Waals surface area contributed by atoms with Gasteiger partial charge in [0.25, 0.3) is 5.91 Å². The highest BCUT2D eigenvalue weighted by atomic mass is 16.7. The van der Waals surface area contributed by atoms with Gasteiger partial charge in [0, 0.05) is 24.5 Å². The zero-order chi connectivity index (χ0) is 14.7. The summed E-state index contributed by atoms with van der Waals surface area (Å²) in [5.74, 6) is 0.553. The molecule has 0 saturated heterocycles. The summed E-state index contributed by atoms with van der Waals surface area (Å²) >= 11 is 0. The quantitative estimate of drug-likeness (QED) is 0.621. The second-order valence-corrected chi connectivity index (χ2v) is 4.34. The van der Waals surface area contributed by atoms with Gasteiger partial charge in [-0.05, 0) is 24.3 Å². The number of aromatic nitrogens is 1. The van der Waals surface area contributed by atoms with Crippen LogP contribution in [0.25, 0.3) is 10.9 Å². The maximum atomic E-state index is 12.3. The molecule has 1 amide bonds. The molecule has 0 bridgehead atoms. The van der Waals surface area contributed by atoms with Gasteiger partial charge in [-0.25, -0.2) is 5.06 Å². The third-order valence-electron chi connectivity index (χ3n) is 3.20. The SMILES string of the molecule is C=CCn1c(C(=O)N(C)OC)cc2cc(OC)ccc21. The van der Waals surface area contributed by atoms with E-state index in [0.29, 0.717) is 12.2 Å². The maximum absolute atomic E-state index is 12.3. The Morgan fingerprint density at radius 1 is 1.40 bits per heavy atom. The number of methoxy groups -OCH3 is 1. The number of fused-ring (bicyclic) bond motifs is 1. The highest BCUT2D eigenvalue weighted by molar-refractivity contribution is 5.98. The van der Waals surface area contributed by atoms with E-state index in [1.165, 1.54) is 12.2 Å². The van der Waals surface area contributed by atoms with Crippen LogP contribution < -0.4 is 4.74 Å². The molecule has 0 N–H and O–H groups in total. The Morgan fingerprint density at radius 3 is 2.75 bits per heavy atom. The molecular formula is C15H18N2O3. The minimum Gasteiger partial charge on any atom is -0.497 e. The highest BCUT2D eigenvalue weighted by Crippen LogP contribution is 2.25. The minimum atomic E-state index is -0.204. The molecule has 0 fully saturated rings. The molecule has 20 heavy (non-hydrogen) atoms. The zero-order valence-electron chi connectivity index (χ0n) is 11.9. The van der Waals surface area contributed by atoms with E-state index < -0.39 is 0 Å². The first kappa shape index (κ1) is 14.1. The summed E-state index contributed by atoms with van der Waals surface area (Å²) < 4.78 is 7.11. The molecule has 1 heterocycles. The molecule has 5 nitrogen and oxygen atoms in total. The lowest BCUT2D eigenvalue weighted by atomic mass is 10.2. The van der Waals surface area contributed by atoms with E-state index in [9.17, 15) is 4.79 Å². The van der Waals surface area contributed by atoms with Crippen molar-refractivity contribution in [3.05, 3.63) is 42.6 Å². The Kier molecular flexibility index (Phi) is 4.10. The second kappa shape index (κ2) is 5.79. The number of allylic oxidation sites excluding steroid dienone is 1. The van der Waals surface area contributed by atoms with Gasteiger partial charge in [-0.1, -0.05) is 6.08 Å². The molecule has 1 aromatic carbocycles. The molecule has 0 radical (unpaired) electrons. The van der Waals surface area contributed by atoms with E-state index in [2.05, 4.69) is 6.58 Å². The summed E-state index contributed by atoms with van der Waals surface area (Å²) in [6.45, 7) is 4.29. The average molecular weight is 274 g/mol. The molecule has 0 aliphatic carbocycles. The van der Waals surface area contributed by atoms with Gasteiger partial charge in [0.15, 0.2) is 0 Å². The fraction of sp³-hybridized carbons (Fsp3) is 0.267. The van der Waals surface area contributed by atoms with Crippen LogP contribution >= 0.6 is 0 Å². The van der Waals surface area contributed by atoms with Crippen LogP contribution in [0.1, 0.15) is 10.5 Å². The lowest BCUT2D eigenvalue weighted by Crippen LogP contribution is -2.27. The first-order valence-electron chi connectivity index (χ1n) is 6.22. The molecule has 2 aromatic rings. The third kappa shape index (κ3) is 2.40. The predicted octanol–water partition coefficient (Wildman–Crippen LogP) is 2.47. The monoisotopic (exact) mass is 274 g/mol. The molecule has 0 aliphatic rings. The van der Waals surface area contributed by atoms with Gasteiger partial charge in [0.1, 0.15) is 11.4 Å². The van der Waals surface area contributed by atoms with E-state index in [1.807, 2.05) is 28.8 Å². The molecule has 2 rings (SSSR count). The van der Waals surface area contributed by atoms with E-state index in [-0.39, 0.29) is 5.91 Å². The second-order valence-electron chi connectivity index (χ2n) is 4.34. The lowest BCUT2D eigenvalue weighted by molar-refractivity contribution is -0.0762. The molecule has 5 heteroatoms. The number of carbonyl (C=O) groups is 1. The lowest BCUT2D eigenvalue weighted by Gasteiger charge is -2.15. The van der Waals surface area contributed by atoms with Gasteiger partial charge in [0.05, 0.1) is 14.2 Å². The number of ether oxygens (including phenoxy) is 1. The molecule has 0 unspecified atom stereocenters. The first-order valence-corrected chi connectivity index (χ1v) is 6.22. The van der Waals surface area contributed by atoms with Crippen molar-refractivity contribution in [3.63, 3.8) is 0 Å². The number of rotatable bonds is 5. The van der Waals surface area contributed by atoms with Crippen LogP contribution in [-0.4, -0.2) is 36.8 Å². The van der Waals surface area contributed by atoms with Crippen molar-refractivity contribution in [2.24, 2.45) is 0 Å². The van der Waals surface area contributed by atoms with E-state index in [0.717, 1.165) is 16.7 Å². The zero-order valence-corrected chi connectivity index (χ0v) is 11.9. The van der Waals surface area contributed by atoms with Crippen LogP contribution in [-0.2, 0) is 11.4 Å². The van der Waals surface area contributed by atoms with E-state index in [4.69, 9.17) is 9.57 Å². The largest absolute Gasteiger partial charge is 0.497 e. The fourth-order valence-corrected chi connectivity index (χ4v) is 2.12. The molecular weight excluding hydrogens is 256 g/mol. The normalized spacial score (nSPS) is 10.6. The van der Waals surface area contributed by atoms with Crippen molar-refractivity contribution in [3.8, 4) is 5.75 Å². The summed E-state index contributed by atoms with van der Waals surface area (Å²) in [4.78, 5) is 17.3. The van der Waals surface area contributed by atoms with Crippen LogP contribution in [0.5, 0.6) is 5.75 Å². The minimum absolute atomic E-state index is 0.204. The topological polar surface area (TPSA) is 43.7 Å². The Bertz CT molecular complexity index is 646. The molecule has 0 atom stereocenters. The van der Waals surface area contributed by atoms with Crippen molar-refractivity contribution < 1.29 is 14.4 Å². The number of benzene rings is 1. The first-order chi connectivity index (χ1) is 9.62. The summed E-state index contributed by atoms with van der Waals surface area (Å²) in [5, 5.41) is 2.14. The van der Waals surface area contributed by atoms with Crippen LogP contribution in [0.4, 0.5) is 0 Å². The molecule has 0 aliphatic heterocycles. The van der Waals surface area contributed by atoms with Crippen molar-refractivity contribution in [1.29, 1.82) is 0 Å². The summed E-state index contributed by atoms with van der Waals surface area (Å²) in [7, 11) is 4.66. The summed E-state index contributed by atoms with van der Waals surface area (Å²) in [6.07, 6.45) is 1.76. The number of nitrogens with zero attached hydrogens (tertiary/aromatic N) is 2. The van der Waals surface area contributed by atoms with Crippen LogP contribution in [0.2, 0.25) is 0 Å². The standard InChI is InChI=1S/C15H18N2O3/c1-5-8-17-13-7-6-12(19-3)9-11(13)10-14(17)15(18)16(2)20-4/h5-7,9-10H,1,8H2,2-4H3. The summed E-state index contributed by atoms with van der Waals surface area (Å²) in [6, 6.07) is 7.54. The number of hydrogen-bond donors (Lipinski definition) is 0. The molecule has 0 saturated carbocycles. The van der Waals surface area contributed by atoms with Crippen LogP contribution in [0.3, 0.4) is 0 Å². The number of carbonyl (C=O) groups excluding carboxylic acids is 1. The Balaban J connectivity index is 2.60. The van der Waals surface area contributed by atoms with Gasteiger partial charge in [-0.2, -0.15) is 0 Å². The van der Waals surface area contributed by atoms with Gasteiger partial charge in [-0.3, -0.25) is 9.63 Å². The Hall–Kier alpha value is -2.27. The van der Waals surface area contributed by atoms with Crippen molar-refractivity contribution in [2.75, 3.05) is 21.3 Å². The van der Waals surface area contributed by atoms with Gasteiger partial charge in [0.2, 0.25) is 0 Å². The maximum Gasteiger partial charge on any atom is 0.293 e. The Morgan fingerprint density at radius 2 is 2.15 bits per heavy atom. The number of amides is 1. The van der Waals surface area contributed by atoms with E-state index in [1.54, 1.807) is 20.2 Å². The van der Waals surface area contributed by atoms with Gasteiger partial charge >= 0.3 is 0 Å². The smallest absolute Gasteiger partial charge is 0.293 e. The third-order valence-corrected chi connectivity index (χ3v) is 3.20. The van der Waals surface area contributed by atoms with Crippen molar-refractivity contribution in [1.82, 2.24) is 9.63 Å². The molecule has 1 aromatic heterocycles. The highest BCUT2D eigenvalue weighted by Gasteiger charge is 2.18.